The summed E-state index contributed by atoms with van der Waals surface area (Å²) in [4.78, 5) is 2.80. The first-order valence-electron chi connectivity index (χ1n) is 7.61. The van der Waals surface area contributed by atoms with Crippen LogP contribution in [-0.2, 0) is 0 Å². The quantitative estimate of drug-likeness (QED) is 0.798. The van der Waals surface area contributed by atoms with E-state index in [1.165, 1.54) is 45.1 Å². The fourth-order valence-electron chi connectivity index (χ4n) is 3.93. The average molecular weight is 238 g/mol. The van der Waals surface area contributed by atoms with Gasteiger partial charge in [-0.2, -0.15) is 0 Å². The number of nitrogens with two attached hydrogens (primary N) is 1. The molecular weight excluding hydrogens is 208 g/mol. The molecule has 0 aliphatic heterocycles. The van der Waals surface area contributed by atoms with Crippen molar-refractivity contribution in [3.8, 4) is 0 Å². The molecule has 2 heteroatoms. The molecule has 0 spiro atoms. The highest BCUT2D eigenvalue weighted by atomic mass is 15.3. The minimum absolute atomic E-state index is 0.323. The van der Waals surface area contributed by atoms with Gasteiger partial charge in [0.05, 0.1) is 0 Å². The van der Waals surface area contributed by atoms with Gasteiger partial charge in [0, 0.05) is 18.1 Å². The Labute approximate surface area is 107 Å². The first kappa shape index (κ1) is 13.4. The lowest BCUT2D eigenvalue weighted by atomic mass is 9.68. The molecule has 2 saturated carbocycles. The summed E-state index contributed by atoms with van der Waals surface area (Å²) in [5.74, 6) is 1.66. The van der Waals surface area contributed by atoms with Crippen molar-refractivity contribution in [1.29, 1.82) is 0 Å². The lowest BCUT2D eigenvalue weighted by Gasteiger charge is -2.52. The minimum atomic E-state index is 0.323. The van der Waals surface area contributed by atoms with E-state index in [-0.39, 0.29) is 0 Å². The number of hydrogen-bond acceptors (Lipinski definition) is 2. The summed E-state index contributed by atoms with van der Waals surface area (Å²) < 4.78 is 0. The molecule has 0 saturated heterocycles. The molecule has 0 heterocycles. The van der Waals surface area contributed by atoms with E-state index < -0.39 is 0 Å². The summed E-state index contributed by atoms with van der Waals surface area (Å²) in [6, 6.07) is 0.856. The van der Waals surface area contributed by atoms with Crippen LogP contribution in [0.5, 0.6) is 0 Å². The number of rotatable bonds is 5. The van der Waals surface area contributed by atoms with Crippen molar-refractivity contribution >= 4 is 0 Å². The van der Waals surface area contributed by atoms with Gasteiger partial charge in [-0.15, -0.1) is 0 Å². The van der Waals surface area contributed by atoms with Gasteiger partial charge in [-0.3, -0.25) is 4.90 Å². The highest BCUT2D eigenvalue weighted by Gasteiger charge is 2.48. The maximum Gasteiger partial charge on any atom is 0.0360 e. The molecule has 0 bridgehead atoms. The molecule has 2 aliphatic rings. The summed E-state index contributed by atoms with van der Waals surface area (Å²) in [7, 11) is 0. The third kappa shape index (κ3) is 2.53. The summed E-state index contributed by atoms with van der Waals surface area (Å²) in [6.07, 6.45) is 8.13. The van der Waals surface area contributed by atoms with Crippen LogP contribution in [0.4, 0.5) is 0 Å². The van der Waals surface area contributed by atoms with Crippen LogP contribution in [0.1, 0.15) is 59.3 Å². The first-order valence-corrected chi connectivity index (χ1v) is 7.61. The van der Waals surface area contributed by atoms with Gasteiger partial charge in [0.15, 0.2) is 0 Å². The van der Waals surface area contributed by atoms with E-state index >= 15 is 0 Å². The monoisotopic (exact) mass is 238 g/mol. The second-order valence-electron chi connectivity index (χ2n) is 6.51. The standard InChI is InChI=1S/C15H30N2/c1-4-9-17(14-5-6-14)15(11-16)8-7-12(2)10-13(15)3/h12-14H,4-11,16H2,1-3H3. The van der Waals surface area contributed by atoms with Gasteiger partial charge in [0.2, 0.25) is 0 Å². The predicted molar refractivity (Wildman–Crippen MR) is 74.0 cm³/mol. The van der Waals surface area contributed by atoms with E-state index in [4.69, 9.17) is 5.73 Å². The molecule has 0 radical (unpaired) electrons. The maximum absolute atomic E-state index is 6.23. The summed E-state index contributed by atoms with van der Waals surface area (Å²) in [5, 5.41) is 0. The molecule has 17 heavy (non-hydrogen) atoms. The Morgan fingerprint density at radius 1 is 1.24 bits per heavy atom. The van der Waals surface area contributed by atoms with Crippen LogP contribution in [0.15, 0.2) is 0 Å². The fourth-order valence-corrected chi connectivity index (χ4v) is 3.93. The molecule has 2 fully saturated rings. The van der Waals surface area contributed by atoms with Crippen LogP contribution in [0, 0.1) is 11.8 Å². The summed E-state index contributed by atoms with van der Waals surface area (Å²) >= 11 is 0. The van der Waals surface area contributed by atoms with Gasteiger partial charge >= 0.3 is 0 Å². The Morgan fingerprint density at radius 3 is 2.41 bits per heavy atom. The molecule has 2 N–H and O–H groups in total. The number of hydrogen-bond donors (Lipinski definition) is 1. The molecule has 0 aromatic heterocycles. The molecule has 2 nitrogen and oxygen atoms in total. The second-order valence-corrected chi connectivity index (χ2v) is 6.51. The van der Waals surface area contributed by atoms with E-state index in [2.05, 4.69) is 25.7 Å². The van der Waals surface area contributed by atoms with Crippen molar-refractivity contribution in [3.63, 3.8) is 0 Å². The highest BCUT2D eigenvalue weighted by molar-refractivity contribution is 5.04. The van der Waals surface area contributed by atoms with Crippen molar-refractivity contribution in [2.75, 3.05) is 13.1 Å². The van der Waals surface area contributed by atoms with Crippen molar-refractivity contribution in [2.24, 2.45) is 17.6 Å². The van der Waals surface area contributed by atoms with Crippen molar-refractivity contribution in [3.05, 3.63) is 0 Å². The SMILES string of the molecule is CCCN(C1CC1)C1(CN)CCC(C)CC1C. The zero-order valence-electron chi connectivity index (χ0n) is 11.9. The maximum atomic E-state index is 6.23. The molecule has 0 amide bonds. The van der Waals surface area contributed by atoms with E-state index in [1.807, 2.05) is 0 Å². The Hall–Kier alpha value is -0.0800. The van der Waals surface area contributed by atoms with Gasteiger partial charge in [-0.25, -0.2) is 0 Å². The van der Waals surface area contributed by atoms with Gasteiger partial charge < -0.3 is 5.73 Å². The van der Waals surface area contributed by atoms with Crippen molar-refractivity contribution in [1.82, 2.24) is 4.90 Å². The molecule has 2 rings (SSSR count). The molecule has 2 aliphatic carbocycles. The predicted octanol–water partition coefficient (Wildman–Crippen LogP) is 3.01. The van der Waals surface area contributed by atoms with Crippen LogP contribution in [0.3, 0.4) is 0 Å². The Bertz CT molecular complexity index is 249. The summed E-state index contributed by atoms with van der Waals surface area (Å²) in [6.45, 7) is 9.25. The van der Waals surface area contributed by atoms with Crippen LogP contribution < -0.4 is 5.73 Å². The third-order valence-corrected chi connectivity index (χ3v) is 5.12. The van der Waals surface area contributed by atoms with Crippen LogP contribution >= 0.6 is 0 Å². The summed E-state index contributed by atoms with van der Waals surface area (Å²) in [5.41, 5.74) is 6.55. The lowest BCUT2D eigenvalue weighted by molar-refractivity contribution is -0.00652. The molecule has 100 valence electrons. The van der Waals surface area contributed by atoms with Crippen LogP contribution in [-0.4, -0.2) is 29.6 Å². The van der Waals surface area contributed by atoms with E-state index in [9.17, 15) is 0 Å². The van der Waals surface area contributed by atoms with E-state index in [0.29, 0.717) is 5.54 Å². The first-order chi connectivity index (χ1) is 8.14. The fraction of sp³-hybridized carbons (Fsp3) is 1.00. The zero-order chi connectivity index (χ0) is 12.5. The second kappa shape index (κ2) is 5.27. The number of nitrogens with zero attached hydrogens (tertiary/aromatic N) is 1. The molecule has 0 aromatic carbocycles. The molecule has 3 unspecified atom stereocenters. The van der Waals surface area contributed by atoms with Crippen LogP contribution in [0.2, 0.25) is 0 Å². The largest absolute Gasteiger partial charge is 0.329 e. The normalized spacial score (nSPS) is 38.6. The Morgan fingerprint density at radius 2 is 1.94 bits per heavy atom. The molecular formula is C15H30N2. The van der Waals surface area contributed by atoms with Gasteiger partial charge in [0.25, 0.3) is 0 Å². The average Bonchev–Trinajstić information content (AvgIpc) is 3.11. The molecule has 3 atom stereocenters. The highest BCUT2D eigenvalue weighted by Crippen LogP contribution is 2.44. The zero-order valence-corrected chi connectivity index (χ0v) is 11.9. The van der Waals surface area contributed by atoms with Crippen LogP contribution in [0.25, 0.3) is 0 Å². The lowest BCUT2D eigenvalue weighted by Crippen LogP contribution is -2.61. The van der Waals surface area contributed by atoms with Gasteiger partial charge in [0.1, 0.15) is 0 Å². The topological polar surface area (TPSA) is 29.3 Å². The van der Waals surface area contributed by atoms with Gasteiger partial charge in [-0.05, 0) is 56.9 Å². The molecule has 0 aromatic rings. The smallest absolute Gasteiger partial charge is 0.0360 e. The third-order valence-electron chi connectivity index (χ3n) is 5.12. The Balaban J connectivity index is 2.15. The Kier molecular flexibility index (Phi) is 4.14. The van der Waals surface area contributed by atoms with Crippen molar-refractivity contribution < 1.29 is 0 Å². The van der Waals surface area contributed by atoms with Gasteiger partial charge in [-0.1, -0.05) is 20.8 Å². The van der Waals surface area contributed by atoms with E-state index in [0.717, 1.165) is 24.4 Å². The minimum Gasteiger partial charge on any atom is -0.329 e. The van der Waals surface area contributed by atoms with Crippen molar-refractivity contribution in [2.45, 2.75) is 70.9 Å². The van der Waals surface area contributed by atoms with E-state index in [1.54, 1.807) is 0 Å².